The number of para-hydroxylation sites is 1. The summed E-state index contributed by atoms with van der Waals surface area (Å²) in [6, 6.07) is 25.0. The van der Waals surface area contributed by atoms with Crippen molar-refractivity contribution in [2.24, 2.45) is 5.10 Å². The van der Waals surface area contributed by atoms with Gasteiger partial charge in [0.15, 0.2) is 0 Å². The zero-order chi connectivity index (χ0) is 28.0. The average molecular weight is 545 g/mol. The molecule has 0 aliphatic carbocycles. The van der Waals surface area contributed by atoms with Gasteiger partial charge >= 0.3 is 0 Å². The predicted octanol–water partition coefficient (Wildman–Crippen LogP) is 5.15. The molecule has 0 saturated carbocycles. The molecule has 3 aromatic carbocycles. The first-order chi connectivity index (χ1) is 18.7. The maximum atomic E-state index is 13.6. The fraction of sp³-hybridized carbons (Fsp3) is 0.200. The quantitative estimate of drug-likeness (QED) is 0.221. The van der Waals surface area contributed by atoms with Crippen molar-refractivity contribution in [2.75, 3.05) is 17.5 Å². The van der Waals surface area contributed by atoms with Crippen LogP contribution < -0.4 is 14.5 Å². The van der Waals surface area contributed by atoms with Crippen molar-refractivity contribution >= 4 is 27.8 Å². The van der Waals surface area contributed by atoms with E-state index in [-0.39, 0.29) is 4.90 Å². The molecule has 202 valence electrons. The lowest BCUT2D eigenvalue weighted by Gasteiger charge is -2.24. The fourth-order valence-corrected chi connectivity index (χ4v) is 5.68. The van der Waals surface area contributed by atoms with Gasteiger partial charge in [0.2, 0.25) is 0 Å². The first-order valence-electron chi connectivity index (χ1n) is 12.6. The molecule has 0 fully saturated rings. The van der Waals surface area contributed by atoms with E-state index in [0.29, 0.717) is 18.0 Å². The van der Waals surface area contributed by atoms with Crippen molar-refractivity contribution in [1.82, 2.24) is 9.99 Å². The van der Waals surface area contributed by atoms with E-state index < -0.39 is 22.5 Å². The second kappa shape index (κ2) is 12.0. The van der Waals surface area contributed by atoms with E-state index in [2.05, 4.69) is 15.1 Å². The van der Waals surface area contributed by atoms with Gasteiger partial charge in [-0.05, 0) is 82.3 Å². The smallest absolute Gasteiger partial charge is 0.264 e. The molecule has 0 radical (unpaired) electrons. The zero-order valence-corrected chi connectivity index (χ0v) is 23.3. The number of aryl methyl sites for hydroxylation is 2. The fourth-order valence-electron chi connectivity index (χ4n) is 4.26. The van der Waals surface area contributed by atoms with Crippen LogP contribution in [0.3, 0.4) is 0 Å². The number of carbonyl (C=O) groups excluding carboxylic acids is 1. The molecule has 1 aromatic heterocycles. The number of rotatable bonds is 10. The number of carbonyl (C=O) groups is 1. The Bertz CT molecular complexity index is 1560. The number of aromatic nitrogens is 1. The molecule has 0 aliphatic heterocycles. The summed E-state index contributed by atoms with van der Waals surface area (Å²) in [7, 11) is -4.05. The van der Waals surface area contributed by atoms with Crippen LogP contribution in [0.2, 0.25) is 0 Å². The largest absolute Gasteiger partial charge is 0.494 e. The third kappa shape index (κ3) is 6.38. The second-order valence-corrected chi connectivity index (χ2v) is 10.9. The molecule has 8 nitrogen and oxygen atoms in total. The Morgan fingerprint density at radius 3 is 2.28 bits per heavy atom. The summed E-state index contributed by atoms with van der Waals surface area (Å²) in [6.07, 6.45) is 1.57. The minimum Gasteiger partial charge on any atom is -0.494 e. The Morgan fingerprint density at radius 1 is 0.974 bits per heavy atom. The number of amides is 1. The van der Waals surface area contributed by atoms with Crippen molar-refractivity contribution in [3.63, 3.8) is 0 Å². The molecular weight excluding hydrogens is 512 g/mol. The normalized spacial score (nSPS) is 11.5. The molecule has 1 N–H and O–H groups in total. The highest BCUT2D eigenvalue weighted by atomic mass is 32.2. The number of anilines is 1. The minimum atomic E-state index is -4.05. The Kier molecular flexibility index (Phi) is 8.51. The van der Waals surface area contributed by atoms with Crippen LogP contribution in [0.1, 0.15) is 29.4 Å². The molecule has 1 amide bonds. The highest BCUT2D eigenvalue weighted by Gasteiger charge is 2.27. The molecule has 1 heterocycles. The van der Waals surface area contributed by atoms with Crippen molar-refractivity contribution in [3.8, 4) is 11.4 Å². The number of nitrogens with zero attached hydrogens (tertiary/aromatic N) is 3. The maximum Gasteiger partial charge on any atom is 0.264 e. The number of hydrogen-bond acceptors (Lipinski definition) is 5. The van der Waals surface area contributed by atoms with Crippen LogP contribution in [-0.2, 0) is 14.8 Å². The summed E-state index contributed by atoms with van der Waals surface area (Å²) in [4.78, 5) is 13.0. The summed E-state index contributed by atoms with van der Waals surface area (Å²) in [5.74, 6) is -0.00440. The van der Waals surface area contributed by atoms with Gasteiger partial charge in [0.25, 0.3) is 15.9 Å². The van der Waals surface area contributed by atoms with E-state index in [4.69, 9.17) is 4.74 Å². The third-order valence-electron chi connectivity index (χ3n) is 6.21. The molecule has 0 bridgehead atoms. The summed E-state index contributed by atoms with van der Waals surface area (Å²) < 4.78 is 35.8. The van der Waals surface area contributed by atoms with Gasteiger partial charge in [-0.2, -0.15) is 5.10 Å². The van der Waals surface area contributed by atoms with Crippen LogP contribution in [0.15, 0.2) is 94.9 Å². The molecule has 0 spiro atoms. The number of benzene rings is 3. The summed E-state index contributed by atoms with van der Waals surface area (Å²) in [6.45, 7) is 7.77. The maximum absolute atomic E-state index is 13.6. The molecule has 9 heteroatoms. The zero-order valence-electron chi connectivity index (χ0n) is 22.5. The third-order valence-corrected chi connectivity index (χ3v) is 8.00. The number of nitrogens with one attached hydrogen (secondary N) is 1. The SMILES string of the molecule is CCOc1ccc(S(=O)(=O)N(CC(=O)N/N=C\c2cc(C)n(-c3ccccc3)c2C)c2ccc(C)cc2)cc1. The molecule has 0 unspecified atom stereocenters. The molecule has 0 aliphatic rings. The van der Waals surface area contributed by atoms with Crippen LogP contribution in [-0.4, -0.2) is 38.3 Å². The lowest BCUT2D eigenvalue weighted by molar-refractivity contribution is -0.119. The van der Waals surface area contributed by atoms with Gasteiger partial charge in [-0.25, -0.2) is 13.8 Å². The number of hydrogen-bond donors (Lipinski definition) is 1. The van der Waals surface area contributed by atoms with E-state index in [1.54, 1.807) is 42.6 Å². The first-order valence-corrected chi connectivity index (χ1v) is 14.0. The monoisotopic (exact) mass is 544 g/mol. The highest BCUT2D eigenvalue weighted by molar-refractivity contribution is 7.92. The van der Waals surface area contributed by atoms with Crippen molar-refractivity contribution in [2.45, 2.75) is 32.6 Å². The van der Waals surface area contributed by atoms with Gasteiger partial charge in [0.05, 0.1) is 23.4 Å². The Balaban J connectivity index is 1.54. The van der Waals surface area contributed by atoms with Gasteiger partial charge < -0.3 is 9.30 Å². The molecule has 0 atom stereocenters. The molecule has 4 aromatic rings. The van der Waals surface area contributed by atoms with Crippen molar-refractivity contribution in [3.05, 3.63) is 107 Å². The van der Waals surface area contributed by atoms with E-state index >= 15 is 0 Å². The Labute approximate surface area is 229 Å². The number of ether oxygens (including phenoxy) is 1. The van der Waals surface area contributed by atoms with E-state index in [9.17, 15) is 13.2 Å². The van der Waals surface area contributed by atoms with Gasteiger partial charge in [0.1, 0.15) is 12.3 Å². The lowest BCUT2D eigenvalue weighted by atomic mass is 10.2. The standard InChI is InChI=1S/C30H32N4O4S/c1-5-38-28-15-17-29(18-16-28)39(36,37)33(26-13-11-22(2)12-14-26)21-30(35)32-31-20-25-19-23(3)34(24(25)4)27-9-7-6-8-10-27/h6-20H,5,21H2,1-4H3,(H,32,35)/b31-20-. The van der Waals surface area contributed by atoms with Crippen LogP contribution in [0.25, 0.3) is 5.69 Å². The number of hydrazone groups is 1. The van der Waals surface area contributed by atoms with E-state index in [1.165, 1.54) is 12.1 Å². The van der Waals surface area contributed by atoms with E-state index in [0.717, 1.165) is 32.5 Å². The summed E-state index contributed by atoms with van der Waals surface area (Å²) in [5.41, 5.74) is 7.70. The lowest BCUT2D eigenvalue weighted by Crippen LogP contribution is -2.39. The minimum absolute atomic E-state index is 0.0520. The molecule has 4 rings (SSSR count). The number of sulfonamides is 1. The van der Waals surface area contributed by atoms with Gasteiger partial charge in [-0.3, -0.25) is 9.10 Å². The summed E-state index contributed by atoms with van der Waals surface area (Å²) >= 11 is 0. The molecular formula is C30H32N4O4S. The average Bonchev–Trinajstić information content (AvgIpc) is 3.21. The van der Waals surface area contributed by atoms with Crippen LogP contribution in [0.5, 0.6) is 5.75 Å². The topological polar surface area (TPSA) is 93.0 Å². The first kappa shape index (κ1) is 27.7. The Hall–Kier alpha value is -4.37. The molecule has 0 saturated heterocycles. The molecule has 39 heavy (non-hydrogen) atoms. The highest BCUT2D eigenvalue weighted by Crippen LogP contribution is 2.25. The van der Waals surface area contributed by atoms with Gasteiger partial charge in [-0.1, -0.05) is 35.9 Å². The predicted molar refractivity (Wildman–Crippen MR) is 154 cm³/mol. The van der Waals surface area contributed by atoms with Gasteiger partial charge in [0, 0.05) is 22.6 Å². The Morgan fingerprint density at radius 2 is 1.64 bits per heavy atom. The van der Waals surface area contributed by atoms with Crippen molar-refractivity contribution < 1.29 is 17.9 Å². The van der Waals surface area contributed by atoms with Crippen molar-refractivity contribution in [1.29, 1.82) is 0 Å². The van der Waals surface area contributed by atoms with E-state index in [1.807, 2.05) is 64.1 Å². The summed E-state index contributed by atoms with van der Waals surface area (Å²) in [5, 5.41) is 4.12. The van der Waals surface area contributed by atoms with Gasteiger partial charge in [-0.15, -0.1) is 0 Å². The van der Waals surface area contributed by atoms with Crippen LogP contribution in [0.4, 0.5) is 5.69 Å². The second-order valence-electron chi connectivity index (χ2n) is 9.04. The van der Waals surface area contributed by atoms with Crippen LogP contribution >= 0.6 is 0 Å². The van der Waals surface area contributed by atoms with Crippen LogP contribution in [0, 0.1) is 20.8 Å².